The molecule has 30 heavy (non-hydrogen) atoms. The molecule has 1 fully saturated rings. The highest BCUT2D eigenvalue weighted by molar-refractivity contribution is 9.10. The third kappa shape index (κ3) is 5.07. The van der Waals surface area contributed by atoms with Gasteiger partial charge in [-0.15, -0.1) is 0 Å². The van der Waals surface area contributed by atoms with E-state index < -0.39 is 28.5 Å². The van der Waals surface area contributed by atoms with Crippen molar-refractivity contribution < 1.29 is 27.5 Å². The van der Waals surface area contributed by atoms with E-state index in [1.807, 2.05) is 6.07 Å². The molecular formula is C20H21BrN2O6S. The van der Waals surface area contributed by atoms with E-state index in [0.717, 1.165) is 0 Å². The van der Waals surface area contributed by atoms with Gasteiger partial charge in [0.15, 0.2) is 6.61 Å². The lowest BCUT2D eigenvalue weighted by atomic mass is 10.2. The molecule has 160 valence electrons. The number of esters is 1. The van der Waals surface area contributed by atoms with Crippen molar-refractivity contribution in [3.05, 3.63) is 58.6 Å². The Hall–Kier alpha value is -2.27. The molecule has 1 aliphatic heterocycles. The van der Waals surface area contributed by atoms with E-state index in [9.17, 15) is 18.0 Å². The molecular weight excluding hydrogens is 476 g/mol. The molecule has 1 aliphatic rings. The average molecular weight is 497 g/mol. The smallest absolute Gasteiger partial charge is 0.338 e. The quantitative estimate of drug-likeness (QED) is 0.569. The summed E-state index contributed by atoms with van der Waals surface area (Å²) < 4.78 is 37.8. The number of carbonyl (C=O) groups is 2. The molecule has 0 aliphatic carbocycles. The lowest BCUT2D eigenvalue weighted by Crippen LogP contribution is -2.40. The molecule has 0 N–H and O–H groups in total. The molecule has 0 spiro atoms. The number of para-hydroxylation sites is 1. The van der Waals surface area contributed by atoms with Crippen molar-refractivity contribution in [2.45, 2.75) is 4.90 Å². The molecule has 0 aromatic heterocycles. The van der Waals surface area contributed by atoms with Gasteiger partial charge in [-0.2, -0.15) is 4.31 Å². The minimum absolute atomic E-state index is 0.0356. The first-order valence-electron chi connectivity index (χ1n) is 9.17. The van der Waals surface area contributed by atoms with E-state index in [2.05, 4.69) is 15.9 Å². The van der Waals surface area contributed by atoms with Gasteiger partial charge in [0.05, 0.1) is 23.7 Å². The van der Waals surface area contributed by atoms with Gasteiger partial charge < -0.3 is 14.4 Å². The number of sulfonamides is 1. The van der Waals surface area contributed by atoms with Gasteiger partial charge in [-0.3, -0.25) is 4.79 Å². The number of halogens is 1. The Balaban J connectivity index is 1.71. The minimum Gasteiger partial charge on any atom is -0.452 e. The van der Waals surface area contributed by atoms with E-state index in [1.165, 1.54) is 27.4 Å². The van der Waals surface area contributed by atoms with Crippen LogP contribution in [0.3, 0.4) is 0 Å². The predicted molar refractivity (Wildman–Crippen MR) is 114 cm³/mol. The molecule has 0 bridgehead atoms. The van der Waals surface area contributed by atoms with E-state index in [-0.39, 0.29) is 23.5 Å². The Bertz CT molecular complexity index is 1020. The fraction of sp³-hybridized carbons (Fsp3) is 0.300. The summed E-state index contributed by atoms with van der Waals surface area (Å²) in [4.78, 5) is 26.1. The van der Waals surface area contributed by atoms with E-state index in [4.69, 9.17) is 9.47 Å². The molecule has 2 aromatic carbocycles. The lowest BCUT2D eigenvalue weighted by molar-refractivity contribution is -0.121. The second kappa shape index (κ2) is 9.69. The number of nitrogens with zero attached hydrogens (tertiary/aromatic N) is 2. The SMILES string of the molecule is CN(C(=O)COC(=O)c1ccc(Br)c(S(=O)(=O)N2CCOCC2)c1)c1ccccc1. The number of ether oxygens (including phenoxy) is 2. The van der Waals surface area contributed by atoms with Crippen molar-refractivity contribution in [3.63, 3.8) is 0 Å². The topological polar surface area (TPSA) is 93.2 Å². The molecule has 1 amide bonds. The first-order valence-corrected chi connectivity index (χ1v) is 11.4. The van der Waals surface area contributed by atoms with Crippen molar-refractivity contribution in [2.24, 2.45) is 0 Å². The number of amides is 1. The normalized spacial score (nSPS) is 14.9. The van der Waals surface area contributed by atoms with Crippen LogP contribution in [-0.4, -0.2) is 64.6 Å². The van der Waals surface area contributed by atoms with Crippen molar-refractivity contribution in [3.8, 4) is 0 Å². The van der Waals surface area contributed by atoms with Crippen LogP contribution in [-0.2, 0) is 24.3 Å². The summed E-state index contributed by atoms with van der Waals surface area (Å²) in [6, 6.07) is 13.1. The highest BCUT2D eigenvalue weighted by atomic mass is 79.9. The van der Waals surface area contributed by atoms with Gasteiger partial charge in [-0.25, -0.2) is 13.2 Å². The predicted octanol–water partition coefficient (Wildman–Crippen LogP) is 2.29. The first kappa shape index (κ1) is 22.4. The Morgan fingerprint density at radius 2 is 1.80 bits per heavy atom. The fourth-order valence-electron chi connectivity index (χ4n) is 2.86. The molecule has 8 nitrogen and oxygen atoms in total. The van der Waals surface area contributed by atoms with E-state index >= 15 is 0 Å². The van der Waals surface area contributed by atoms with Crippen molar-refractivity contribution in [1.29, 1.82) is 0 Å². The van der Waals surface area contributed by atoms with Crippen LogP contribution in [0.2, 0.25) is 0 Å². The van der Waals surface area contributed by atoms with E-state index in [0.29, 0.717) is 23.4 Å². The van der Waals surface area contributed by atoms with E-state index in [1.54, 1.807) is 31.3 Å². The Labute approximate surface area is 183 Å². The average Bonchev–Trinajstić information content (AvgIpc) is 2.78. The number of carbonyl (C=O) groups excluding carboxylic acids is 2. The maximum Gasteiger partial charge on any atom is 0.338 e. The summed E-state index contributed by atoms with van der Waals surface area (Å²) in [6.07, 6.45) is 0. The number of benzene rings is 2. The van der Waals surface area contributed by atoms with Crippen molar-refractivity contribution in [2.75, 3.05) is 44.9 Å². The number of morpholine rings is 1. The van der Waals surface area contributed by atoms with Gasteiger partial charge in [-0.05, 0) is 46.3 Å². The maximum absolute atomic E-state index is 12.9. The van der Waals surface area contributed by atoms with Crippen LogP contribution in [0.4, 0.5) is 5.69 Å². The Morgan fingerprint density at radius 3 is 2.47 bits per heavy atom. The zero-order valence-electron chi connectivity index (χ0n) is 16.3. The Kier molecular flexibility index (Phi) is 7.24. The molecule has 2 aromatic rings. The number of hydrogen-bond acceptors (Lipinski definition) is 6. The van der Waals surface area contributed by atoms with Crippen LogP contribution in [0.1, 0.15) is 10.4 Å². The molecule has 0 atom stereocenters. The van der Waals surface area contributed by atoms with Crippen LogP contribution in [0.25, 0.3) is 0 Å². The third-order valence-corrected chi connectivity index (χ3v) is 7.49. The second-order valence-electron chi connectivity index (χ2n) is 6.53. The summed E-state index contributed by atoms with van der Waals surface area (Å²) in [5.41, 5.74) is 0.710. The van der Waals surface area contributed by atoms with Crippen LogP contribution in [0, 0.1) is 0 Å². The van der Waals surface area contributed by atoms with Gasteiger partial charge in [0, 0.05) is 30.3 Å². The van der Waals surface area contributed by atoms with Crippen LogP contribution in [0.5, 0.6) is 0 Å². The Morgan fingerprint density at radius 1 is 1.13 bits per heavy atom. The molecule has 0 saturated carbocycles. The second-order valence-corrected chi connectivity index (χ2v) is 9.29. The van der Waals surface area contributed by atoms with Crippen LogP contribution >= 0.6 is 15.9 Å². The zero-order valence-corrected chi connectivity index (χ0v) is 18.7. The van der Waals surface area contributed by atoms with Gasteiger partial charge in [0.1, 0.15) is 0 Å². The monoisotopic (exact) mass is 496 g/mol. The van der Waals surface area contributed by atoms with Gasteiger partial charge in [-0.1, -0.05) is 18.2 Å². The maximum atomic E-state index is 12.9. The first-order chi connectivity index (χ1) is 14.3. The molecule has 3 rings (SSSR count). The molecule has 10 heteroatoms. The standard InChI is InChI=1S/C20H21BrN2O6S/c1-22(16-5-3-2-4-6-16)19(24)14-29-20(25)15-7-8-17(21)18(13-15)30(26,27)23-9-11-28-12-10-23/h2-8,13H,9-12,14H2,1H3. The largest absolute Gasteiger partial charge is 0.452 e. The molecule has 1 heterocycles. The minimum atomic E-state index is -3.81. The number of likely N-dealkylation sites (N-methyl/N-ethyl adjacent to an activating group) is 1. The molecule has 0 unspecified atom stereocenters. The lowest BCUT2D eigenvalue weighted by Gasteiger charge is -2.26. The summed E-state index contributed by atoms with van der Waals surface area (Å²) in [7, 11) is -2.22. The van der Waals surface area contributed by atoms with Gasteiger partial charge in [0.25, 0.3) is 5.91 Å². The summed E-state index contributed by atoms with van der Waals surface area (Å²) in [5.74, 6) is -1.19. The number of hydrogen-bond donors (Lipinski definition) is 0. The van der Waals surface area contributed by atoms with Gasteiger partial charge >= 0.3 is 5.97 Å². The van der Waals surface area contributed by atoms with Crippen molar-refractivity contribution in [1.82, 2.24) is 4.31 Å². The summed E-state index contributed by atoms with van der Waals surface area (Å²) >= 11 is 3.24. The number of rotatable bonds is 6. The fourth-order valence-corrected chi connectivity index (χ4v) is 5.22. The van der Waals surface area contributed by atoms with Crippen molar-refractivity contribution >= 4 is 43.5 Å². The zero-order chi connectivity index (χ0) is 21.7. The highest BCUT2D eigenvalue weighted by Crippen LogP contribution is 2.27. The molecule has 0 radical (unpaired) electrons. The summed E-state index contributed by atoms with van der Waals surface area (Å²) in [6.45, 7) is 0.643. The van der Waals surface area contributed by atoms with Gasteiger partial charge in [0.2, 0.25) is 10.0 Å². The van der Waals surface area contributed by atoms with Crippen LogP contribution in [0.15, 0.2) is 57.9 Å². The van der Waals surface area contributed by atoms with Crippen LogP contribution < -0.4 is 4.90 Å². The molecule has 1 saturated heterocycles. The number of anilines is 1. The highest BCUT2D eigenvalue weighted by Gasteiger charge is 2.29. The third-order valence-electron chi connectivity index (χ3n) is 4.60. The summed E-state index contributed by atoms with van der Waals surface area (Å²) in [5, 5.41) is 0.